The summed E-state index contributed by atoms with van der Waals surface area (Å²) in [6.45, 7) is 3.53. The van der Waals surface area contributed by atoms with Crippen molar-refractivity contribution in [2.24, 2.45) is 46.3 Å². The molecule has 0 aromatic heterocycles. The highest BCUT2D eigenvalue weighted by molar-refractivity contribution is 6.00. The Morgan fingerprint density at radius 1 is 0.714 bits per heavy atom. The summed E-state index contributed by atoms with van der Waals surface area (Å²) in [5.41, 5.74) is 0.272. The molecule has 72 valence electrons. The molecule has 0 N–H and O–H groups in total. The molecule has 6 aliphatic carbocycles. The zero-order chi connectivity index (χ0) is 9.62. The predicted molar refractivity (Wildman–Crippen MR) is 47.2 cm³/mol. The highest BCUT2D eigenvalue weighted by Crippen LogP contribution is 3.10. The Morgan fingerprint density at radius 2 is 0.929 bits per heavy atom. The van der Waals surface area contributed by atoms with E-state index in [0.29, 0.717) is 47.1 Å². The van der Waals surface area contributed by atoms with Crippen molar-refractivity contribution in [1.82, 2.24) is 0 Å². The van der Waals surface area contributed by atoms with Crippen LogP contribution in [0.1, 0.15) is 13.8 Å². The largest absolute Gasteiger partial charge is 0.299 e. The normalized spacial score (nSPS) is 77.0. The number of hydrogen-bond acceptors (Lipinski definition) is 2. The van der Waals surface area contributed by atoms with Crippen molar-refractivity contribution in [1.29, 1.82) is 0 Å². The first kappa shape index (κ1) is 6.76. The van der Waals surface area contributed by atoms with Crippen LogP contribution in [0.25, 0.3) is 0 Å². The Bertz CT molecular complexity index is 352. The Labute approximate surface area is 82.0 Å². The maximum absolute atomic E-state index is 11.6. The molecule has 0 aromatic rings. The summed E-state index contributed by atoms with van der Waals surface area (Å²) in [7, 11) is 0. The molecule has 0 radical (unpaired) electrons. The molecule has 2 heteroatoms. The first-order valence-electron chi connectivity index (χ1n) is 5.64. The minimum atomic E-state index is 0.136. The zero-order valence-electron chi connectivity index (χ0n) is 8.28. The monoisotopic (exact) mass is 188 g/mol. The Morgan fingerprint density at radius 3 is 1.07 bits per heavy atom. The Kier molecular flexibility index (Phi) is 0.613. The lowest BCUT2D eigenvalue weighted by Gasteiger charge is -3.10. The van der Waals surface area contributed by atoms with Crippen molar-refractivity contribution >= 4 is 11.6 Å². The van der Waals surface area contributed by atoms with Gasteiger partial charge in [0.2, 0.25) is 0 Å². The van der Waals surface area contributed by atoms with Crippen LogP contribution in [-0.2, 0) is 9.59 Å². The molecule has 0 aliphatic heterocycles. The minimum Gasteiger partial charge on any atom is -0.299 e. The molecular formula is C12H12O2. The second-order valence-corrected chi connectivity index (χ2v) is 6.13. The SMILES string of the molecule is CC(=O)C12C3C4C1C1C2C3C41C(C)=O. The van der Waals surface area contributed by atoms with Crippen LogP contribution in [0.2, 0.25) is 0 Å². The number of hydrogen-bond donors (Lipinski definition) is 0. The lowest BCUT2D eigenvalue weighted by atomic mass is 8.91. The summed E-state index contributed by atoms with van der Waals surface area (Å²) >= 11 is 0. The third-order valence-corrected chi connectivity index (χ3v) is 6.85. The lowest BCUT2D eigenvalue weighted by Crippen LogP contribution is -3.11. The molecule has 2 nitrogen and oxygen atoms in total. The van der Waals surface area contributed by atoms with Crippen LogP contribution in [0.5, 0.6) is 0 Å². The van der Waals surface area contributed by atoms with Gasteiger partial charge in [-0.1, -0.05) is 0 Å². The van der Waals surface area contributed by atoms with Crippen LogP contribution in [-0.4, -0.2) is 11.6 Å². The Balaban J connectivity index is 1.66. The average molecular weight is 188 g/mol. The van der Waals surface area contributed by atoms with Gasteiger partial charge in [0.05, 0.1) is 0 Å². The third-order valence-electron chi connectivity index (χ3n) is 6.85. The van der Waals surface area contributed by atoms with E-state index in [1.807, 2.05) is 0 Å². The fourth-order valence-corrected chi connectivity index (χ4v) is 6.94. The molecule has 6 rings (SSSR count). The molecule has 0 saturated heterocycles. The van der Waals surface area contributed by atoms with Gasteiger partial charge in [-0.3, -0.25) is 9.59 Å². The molecule has 0 heterocycles. The first-order valence-corrected chi connectivity index (χ1v) is 5.64. The standard InChI is InChI=1S/C12H12O2/c1-3(13)11-5-8-6(11)10-7(11)9(5)12(8,10)4(2)14/h5-10H,1-2H3. The molecule has 6 fully saturated rings. The fraction of sp³-hybridized carbons (Fsp3) is 0.833. The maximum atomic E-state index is 11.6. The van der Waals surface area contributed by atoms with Crippen LogP contribution in [0, 0.1) is 46.3 Å². The molecular weight excluding hydrogens is 176 g/mol. The molecule has 0 bridgehead atoms. The number of Topliss-reactive ketones (excluding diaryl/α,β-unsaturated/α-hetero) is 2. The smallest absolute Gasteiger partial charge is 0.136 e. The molecule has 6 aliphatic rings. The molecule has 6 saturated carbocycles. The van der Waals surface area contributed by atoms with Gasteiger partial charge < -0.3 is 0 Å². The van der Waals surface area contributed by atoms with Gasteiger partial charge in [0.1, 0.15) is 11.6 Å². The number of carbonyl (C=O) groups is 2. The van der Waals surface area contributed by atoms with E-state index in [4.69, 9.17) is 0 Å². The van der Waals surface area contributed by atoms with E-state index < -0.39 is 0 Å². The van der Waals surface area contributed by atoms with Gasteiger partial charge in [-0.05, 0) is 49.4 Å². The van der Waals surface area contributed by atoms with E-state index in [2.05, 4.69) is 0 Å². The summed E-state index contributed by atoms with van der Waals surface area (Å²) in [5, 5.41) is 0. The molecule has 0 atom stereocenters. The summed E-state index contributed by atoms with van der Waals surface area (Å²) in [5.74, 6) is 4.80. The zero-order valence-corrected chi connectivity index (χ0v) is 8.28. The van der Waals surface area contributed by atoms with Crippen LogP contribution in [0.15, 0.2) is 0 Å². The van der Waals surface area contributed by atoms with Gasteiger partial charge in [-0.25, -0.2) is 0 Å². The van der Waals surface area contributed by atoms with E-state index in [-0.39, 0.29) is 10.8 Å². The highest BCUT2D eigenvalue weighted by Gasteiger charge is 3.11. The van der Waals surface area contributed by atoms with E-state index >= 15 is 0 Å². The van der Waals surface area contributed by atoms with Gasteiger partial charge in [-0.2, -0.15) is 0 Å². The lowest BCUT2D eigenvalue weighted by molar-refractivity contribution is -0.623. The average Bonchev–Trinajstić information content (AvgIpc) is 2.16. The van der Waals surface area contributed by atoms with Crippen molar-refractivity contribution in [3.05, 3.63) is 0 Å². The van der Waals surface area contributed by atoms with Crippen LogP contribution in [0.4, 0.5) is 0 Å². The minimum absolute atomic E-state index is 0.136. The van der Waals surface area contributed by atoms with Gasteiger partial charge in [0.25, 0.3) is 0 Å². The van der Waals surface area contributed by atoms with E-state index in [0.717, 1.165) is 0 Å². The van der Waals surface area contributed by atoms with E-state index in [1.165, 1.54) is 0 Å². The van der Waals surface area contributed by atoms with Gasteiger partial charge >= 0.3 is 0 Å². The second kappa shape index (κ2) is 1.27. The van der Waals surface area contributed by atoms with Gasteiger partial charge in [-0.15, -0.1) is 0 Å². The predicted octanol–water partition coefficient (Wildman–Crippen LogP) is 0.902. The van der Waals surface area contributed by atoms with Crippen molar-refractivity contribution in [3.8, 4) is 0 Å². The Hall–Kier alpha value is -0.660. The van der Waals surface area contributed by atoms with Crippen molar-refractivity contribution < 1.29 is 9.59 Å². The summed E-state index contributed by atoms with van der Waals surface area (Å²) < 4.78 is 0. The third kappa shape index (κ3) is 0.238. The quantitative estimate of drug-likeness (QED) is 0.645. The topological polar surface area (TPSA) is 34.1 Å². The molecule has 0 amide bonds. The summed E-state index contributed by atoms with van der Waals surface area (Å²) in [6.07, 6.45) is 0. The summed E-state index contributed by atoms with van der Waals surface area (Å²) in [6, 6.07) is 0. The van der Waals surface area contributed by atoms with Crippen molar-refractivity contribution in [3.63, 3.8) is 0 Å². The number of rotatable bonds is 2. The first-order chi connectivity index (χ1) is 6.62. The number of carbonyl (C=O) groups excluding carboxylic acids is 2. The van der Waals surface area contributed by atoms with Crippen LogP contribution < -0.4 is 0 Å². The fourth-order valence-electron chi connectivity index (χ4n) is 6.94. The molecule has 0 aromatic carbocycles. The van der Waals surface area contributed by atoms with Gasteiger partial charge in [0, 0.05) is 10.8 Å². The second-order valence-electron chi connectivity index (χ2n) is 6.13. The maximum Gasteiger partial charge on any atom is 0.136 e. The summed E-state index contributed by atoms with van der Waals surface area (Å²) in [4.78, 5) is 23.2. The molecule has 0 spiro atoms. The molecule has 0 unspecified atom stereocenters. The van der Waals surface area contributed by atoms with Crippen LogP contribution in [0.3, 0.4) is 0 Å². The van der Waals surface area contributed by atoms with Crippen molar-refractivity contribution in [2.75, 3.05) is 0 Å². The van der Waals surface area contributed by atoms with Crippen LogP contribution >= 0.6 is 0 Å². The van der Waals surface area contributed by atoms with E-state index in [1.54, 1.807) is 13.8 Å². The van der Waals surface area contributed by atoms with Crippen molar-refractivity contribution in [2.45, 2.75) is 13.8 Å². The molecule has 14 heavy (non-hydrogen) atoms. The van der Waals surface area contributed by atoms with Gasteiger partial charge in [0.15, 0.2) is 0 Å². The number of ketones is 2. The highest BCUT2D eigenvalue weighted by atomic mass is 16.1. The van der Waals surface area contributed by atoms with E-state index in [9.17, 15) is 9.59 Å².